The van der Waals surface area contributed by atoms with Gasteiger partial charge in [0.05, 0.1) is 0 Å². The van der Waals surface area contributed by atoms with Gasteiger partial charge < -0.3 is 10.2 Å². The third kappa shape index (κ3) is 1.61. The molecule has 2 rings (SSSR count). The lowest BCUT2D eigenvalue weighted by atomic mass is 10.1. The molecule has 0 bridgehead atoms. The summed E-state index contributed by atoms with van der Waals surface area (Å²) in [4.78, 5) is 26.7. The summed E-state index contributed by atoms with van der Waals surface area (Å²) in [6.07, 6.45) is 1.75. The van der Waals surface area contributed by atoms with E-state index < -0.39 is 0 Å². The maximum absolute atomic E-state index is 11.9. The fraction of sp³-hybridized carbons (Fsp3) is 0.800. The van der Waals surface area contributed by atoms with Gasteiger partial charge in [-0.15, -0.1) is 0 Å². The molecule has 2 saturated heterocycles. The molecule has 1 atom stereocenters. The van der Waals surface area contributed by atoms with E-state index in [1.54, 1.807) is 14.0 Å². The Morgan fingerprint density at radius 1 is 1.27 bits per heavy atom. The van der Waals surface area contributed by atoms with E-state index in [1.165, 1.54) is 9.80 Å². The van der Waals surface area contributed by atoms with Crippen molar-refractivity contribution < 1.29 is 9.59 Å². The quantitative estimate of drug-likeness (QED) is 0.622. The molecule has 84 valence electrons. The number of carbonyl (C=O) groups excluding carboxylic acids is 2. The number of carbonyl (C=O) groups is 2. The minimum Gasteiger partial charge on any atom is -0.317 e. The van der Waals surface area contributed by atoms with E-state index in [-0.39, 0.29) is 24.0 Å². The molecule has 15 heavy (non-hydrogen) atoms. The molecule has 0 saturated carbocycles. The minimum absolute atomic E-state index is 0.0469. The number of nitrogens with one attached hydrogen (secondary N) is 1. The second kappa shape index (κ2) is 3.81. The molecule has 0 aromatic heterocycles. The Balaban J connectivity index is 2.14. The Hall–Kier alpha value is -1.10. The molecule has 0 radical (unpaired) electrons. The summed E-state index contributed by atoms with van der Waals surface area (Å²) in [5.74, 6) is -0.0469. The highest BCUT2D eigenvalue weighted by Crippen LogP contribution is 2.22. The Morgan fingerprint density at radius 2 is 1.87 bits per heavy atom. The smallest absolute Gasteiger partial charge is 0.317 e. The second-order valence-corrected chi connectivity index (χ2v) is 4.26. The molecule has 1 N–H and O–H groups in total. The lowest BCUT2D eigenvalue weighted by molar-refractivity contribution is -0.129. The first kappa shape index (κ1) is 10.4. The number of imide groups is 1. The van der Waals surface area contributed by atoms with Crippen LogP contribution in [0.3, 0.4) is 0 Å². The first-order chi connectivity index (χ1) is 7.13. The van der Waals surface area contributed by atoms with Crippen LogP contribution in [0.5, 0.6) is 0 Å². The van der Waals surface area contributed by atoms with Gasteiger partial charge in [0.1, 0.15) is 6.04 Å². The largest absolute Gasteiger partial charge is 0.327 e. The van der Waals surface area contributed by atoms with Crippen LogP contribution >= 0.6 is 0 Å². The molecule has 0 unspecified atom stereocenters. The second-order valence-electron chi connectivity index (χ2n) is 4.26. The molecule has 0 aromatic rings. The Kier molecular flexibility index (Phi) is 2.65. The summed E-state index contributed by atoms with van der Waals surface area (Å²) in [6, 6.07) is -0.342. The van der Waals surface area contributed by atoms with E-state index in [2.05, 4.69) is 5.32 Å². The van der Waals surface area contributed by atoms with E-state index in [4.69, 9.17) is 0 Å². The number of likely N-dealkylation sites (N-methyl/N-ethyl adjacent to an activating group) is 1. The van der Waals surface area contributed by atoms with Crippen molar-refractivity contribution in [2.75, 3.05) is 20.1 Å². The summed E-state index contributed by atoms with van der Waals surface area (Å²) in [6.45, 7) is 3.56. The first-order valence-corrected chi connectivity index (χ1v) is 5.43. The van der Waals surface area contributed by atoms with Crippen LogP contribution < -0.4 is 5.32 Å². The molecule has 3 amide bonds. The minimum atomic E-state index is -0.299. The highest BCUT2D eigenvalue weighted by Gasteiger charge is 2.43. The fourth-order valence-electron chi connectivity index (χ4n) is 2.20. The highest BCUT2D eigenvalue weighted by atomic mass is 16.2. The maximum Gasteiger partial charge on any atom is 0.327 e. The van der Waals surface area contributed by atoms with Gasteiger partial charge in [0.2, 0.25) is 0 Å². The van der Waals surface area contributed by atoms with E-state index in [1.807, 2.05) is 0 Å². The first-order valence-electron chi connectivity index (χ1n) is 5.43. The molecule has 0 aliphatic carbocycles. The predicted octanol–water partition coefficient (Wildman–Crippen LogP) is 0.0209. The highest BCUT2D eigenvalue weighted by molar-refractivity contribution is 6.04. The third-order valence-electron chi connectivity index (χ3n) is 3.36. The molecule has 5 heteroatoms. The van der Waals surface area contributed by atoms with Crippen LogP contribution in [0, 0.1) is 0 Å². The Morgan fingerprint density at radius 3 is 2.33 bits per heavy atom. The van der Waals surface area contributed by atoms with Gasteiger partial charge in [-0.2, -0.15) is 0 Å². The van der Waals surface area contributed by atoms with Gasteiger partial charge in [0, 0.05) is 13.1 Å². The average molecular weight is 211 g/mol. The fourth-order valence-corrected chi connectivity index (χ4v) is 2.20. The molecular formula is C10H17N3O2. The van der Waals surface area contributed by atoms with E-state index >= 15 is 0 Å². The Bertz CT molecular complexity index is 266. The number of nitrogens with zero attached hydrogens (tertiary/aromatic N) is 2. The zero-order chi connectivity index (χ0) is 11.0. The SMILES string of the molecule is C[C@@H]1C(=O)N(C2CCNCC2)C(=O)N1C. The van der Waals surface area contributed by atoms with Gasteiger partial charge in [-0.25, -0.2) is 4.79 Å². The van der Waals surface area contributed by atoms with E-state index in [0.717, 1.165) is 25.9 Å². The molecule has 2 aliphatic rings. The van der Waals surface area contributed by atoms with Crippen LogP contribution in [-0.4, -0.2) is 54.0 Å². The topological polar surface area (TPSA) is 52.7 Å². The van der Waals surface area contributed by atoms with Crippen LogP contribution in [0.25, 0.3) is 0 Å². The van der Waals surface area contributed by atoms with Crippen molar-refractivity contribution in [3.05, 3.63) is 0 Å². The maximum atomic E-state index is 11.9. The van der Waals surface area contributed by atoms with Crippen LogP contribution in [-0.2, 0) is 4.79 Å². The molecular weight excluding hydrogens is 194 g/mol. The van der Waals surface area contributed by atoms with Crippen molar-refractivity contribution in [3.63, 3.8) is 0 Å². The van der Waals surface area contributed by atoms with Gasteiger partial charge in [0.15, 0.2) is 0 Å². The molecule has 2 aliphatic heterocycles. The lowest BCUT2D eigenvalue weighted by Crippen LogP contribution is -2.46. The van der Waals surface area contributed by atoms with Crippen LogP contribution in [0.15, 0.2) is 0 Å². The summed E-state index contributed by atoms with van der Waals surface area (Å²) in [7, 11) is 1.69. The van der Waals surface area contributed by atoms with Gasteiger partial charge in [-0.05, 0) is 32.9 Å². The zero-order valence-electron chi connectivity index (χ0n) is 9.19. The van der Waals surface area contributed by atoms with Crippen molar-refractivity contribution in [3.8, 4) is 0 Å². The number of piperidine rings is 1. The van der Waals surface area contributed by atoms with Crippen molar-refractivity contribution in [1.82, 2.24) is 15.1 Å². The monoisotopic (exact) mass is 211 g/mol. The lowest BCUT2D eigenvalue weighted by Gasteiger charge is -2.29. The van der Waals surface area contributed by atoms with Gasteiger partial charge in [-0.3, -0.25) is 9.69 Å². The van der Waals surface area contributed by atoms with Crippen molar-refractivity contribution >= 4 is 11.9 Å². The molecule has 2 fully saturated rings. The van der Waals surface area contributed by atoms with Crippen LogP contribution in [0.2, 0.25) is 0 Å². The number of rotatable bonds is 1. The number of hydrogen-bond donors (Lipinski definition) is 1. The predicted molar refractivity (Wildman–Crippen MR) is 55.4 cm³/mol. The van der Waals surface area contributed by atoms with Gasteiger partial charge >= 0.3 is 6.03 Å². The Labute approximate surface area is 89.4 Å². The number of urea groups is 1. The third-order valence-corrected chi connectivity index (χ3v) is 3.36. The van der Waals surface area contributed by atoms with Gasteiger partial charge in [0.25, 0.3) is 5.91 Å². The van der Waals surface area contributed by atoms with Gasteiger partial charge in [-0.1, -0.05) is 0 Å². The molecule has 5 nitrogen and oxygen atoms in total. The van der Waals surface area contributed by atoms with Crippen molar-refractivity contribution in [2.24, 2.45) is 0 Å². The molecule has 0 spiro atoms. The summed E-state index contributed by atoms with van der Waals surface area (Å²) < 4.78 is 0. The van der Waals surface area contributed by atoms with E-state index in [0.29, 0.717) is 0 Å². The summed E-state index contributed by atoms with van der Waals surface area (Å²) >= 11 is 0. The number of hydrogen-bond acceptors (Lipinski definition) is 3. The molecule has 2 heterocycles. The van der Waals surface area contributed by atoms with Crippen LogP contribution in [0.4, 0.5) is 4.79 Å². The molecule has 0 aromatic carbocycles. The normalized spacial score (nSPS) is 29.1. The van der Waals surface area contributed by atoms with E-state index in [9.17, 15) is 9.59 Å². The summed E-state index contributed by atoms with van der Waals surface area (Å²) in [5, 5.41) is 3.23. The number of amides is 3. The summed E-state index contributed by atoms with van der Waals surface area (Å²) in [5.41, 5.74) is 0. The van der Waals surface area contributed by atoms with Crippen molar-refractivity contribution in [1.29, 1.82) is 0 Å². The van der Waals surface area contributed by atoms with Crippen molar-refractivity contribution in [2.45, 2.75) is 31.8 Å². The van der Waals surface area contributed by atoms with Crippen LogP contribution in [0.1, 0.15) is 19.8 Å². The zero-order valence-corrected chi connectivity index (χ0v) is 9.19. The average Bonchev–Trinajstić information content (AvgIpc) is 2.45. The standard InChI is InChI=1S/C10H17N3O2/c1-7-9(14)13(10(15)12(7)2)8-3-5-11-6-4-8/h7-8,11H,3-6H2,1-2H3/t7-/m1/s1.